The van der Waals surface area contributed by atoms with Crippen molar-refractivity contribution < 1.29 is 9.59 Å². The summed E-state index contributed by atoms with van der Waals surface area (Å²) in [6.07, 6.45) is 2.02. The number of hydrogen-bond acceptors (Lipinski definition) is 3. The molecule has 1 aliphatic rings. The molecule has 1 fully saturated rings. The lowest BCUT2D eigenvalue weighted by atomic mass is 9.78. The first-order valence-electron chi connectivity index (χ1n) is 5.98. The van der Waals surface area contributed by atoms with Crippen LogP contribution in [0.4, 0.5) is 0 Å². The molecule has 0 aromatic rings. The minimum absolute atomic E-state index is 0.00970. The molecule has 16 heavy (non-hydrogen) atoms. The zero-order valence-electron chi connectivity index (χ0n) is 10.5. The predicted octanol–water partition coefficient (Wildman–Crippen LogP) is 1.15. The van der Waals surface area contributed by atoms with Crippen molar-refractivity contribution in [2.24, 2.45) is 17.1 Å². The van der Waals surface area contributed by atoms with E-state index in [4.69, 9.17) is 5.73 Å². The van der Waals surface area contributed by atoms with E-state index in [-0.39, 0.29) is 17.7 Å². The van der Waals surface area contributed by atoms with E-state index in [1.807, 2.05) is 20.8 Å². The van der Waals surface area contributed by atoms with Gasteiger partial charge in [-0.1, -0.05) is 13.8 Å². The summed E-state index contributed by atoms with van der Waals surface area (Å²) in [5.74, 6) is 0.159. The Morgan fingerprint density at radius 3 is 2.44 bits per heavy atom. The van der Waals surface area contributed by atoms with Gasteiger partial charge in [-0.3, -0.25) is 14.5 Å². The minimum atomic E-state index is -0.500. The molecule has 0 aromatic carbocycles. The highest BCUT2D eigenvalue weighted by Gasteiger charge is 2.49. The normalized spacial score (nSPS) is 25.9. The van der Waals surface area contributed by atoms with Crippen LogP contribution in [0.15, 0.2) is 0 Å². The molecule has 1 aliphatic heterocycles. The van der Waals surface area contributed by atoms with Crippen LogP contribution >= 0.6 is 0 Å². The maximum absolute atomic E-state index is 12.1. The zero-order chi connectivity index (χ0) is 12.3. The van der Waals surface area contributed by atoms with E-state index in [9.17, 15) is 9.59 Å². The molecule has 1 unspecified atom stereocenters. The van der Waals surface area contributed by atoms with Gasteiger partial charge in [0.2, 0.25) is 11.8 Å². The van der Waals surface area contributed by atoms with Crippen LogP contribution in [-0.2, 0) is 9.59 Å². The molecule has 92 valence electrons. The molecule has 4 nitrogen and oxygen atoms in total. The van der Waals surface area contributed by atoms with E-state index in [0.717, 1.165) is 12.8 Å². The molecule has 0 aliphatic carbocycles. The lowest BCUT2D eigenvalue weighted by molar-refractivity contribution is -0.142. The summed E-state index contributed by atoms with van der Waals surface area (Å²) in [5.41, 5.74) is 4.90. The van der Waals surface area contributed by atoms with Crippen molar-refractivity contribution >= 4 is 11.8 Å². The van der Waals surface area contributed by atoms with Crippen LogP contribution in [0.25, 0.3) is 0 Å². The Kier molecular flexibility index (Phi) is 4.08. The van der Waals surface area contributed by atoms with Gasteiger partial charge >= 0.3 is 0 Å². The van der Waals surface area contributed by atoms with E-state index < -0.39 is 5.41 Å². The lowest BCUT2D eigenvalue weighted by Gasteiger charge is -2.26. The Balaban J connectivity index is 2.68. The third kappa shape index (κ3) is 2.26. The first-order chi connectivity index (χ1) is 7.43. The second-order valence-electron chi connectivity index (χ2n) is 5.10. The highest BCUT2D eigenvalue weighted by molar-refractivity contribution is 6.05. The average molecular weight is 226 g/mol. The molecule has 1 heterocycles. The molecule has 2 N–H and O–H groups in total. The van der Waals surface area contributed by atoms with Gasteiger partial charge in [-0.15, -0.1) is 0 Å². The Morgan fingerprint density at radius 1 is 1.38 bits per heavy atom. The van der Waals surface area contributed by atoms with Crippen LogP contribution in [0.2, 0.25) is 0 Å². The van der Waals surface area contributed by atoms with Crippen molar-refractivity contribution in [1.82, 2.24) is 4.90 Å². The minimum Gasteiger partial charge on any atom is -0.330 e. The highest BCUT2D eigenvalue weighted by atomic mass is 16.2. The van der Waals surface area contributed by atoms with Crippen LogP contribution in [-0.4, -0.2) is 29.8 Å². The summed E-state index contributed by atoms with van der Waals surface area (Å²) in [5, 5.41) is 0. The van der Waals surface area contributed by atoms with Gasteiger partial charge in [-0.25, -0.2) is 0 Å². The highest BCUT2D eigenvalue weighted by Crippen LogP contribution is 2.39. The zero-order valence-corrected chi connectivity index (χ0v) is 10.5. The molecule has 0 aromatic heterocycles. The number of nitrogens with zero attached hydrogens (tertiary/aromatic N) is 1. The smallest absolute Gasteiger partial charge is 0.235 e. The third-order valence-corrected chi connectivity index (χ3v) is 3.66. The van der Waals surface area contributed by atoms with E-state index in [2.05, 4.69) is 0 Å². The fourth-order valence-corrected chi connectivity index (χ4v) is 2.00. The van der Waals surface area contributed by atoms with Gasteiger partial charge in [0.15, 0.2) is 0 Å². The predicted molar refractivity (Wildman–Crippen MR) is 62.6 cm³/mol. The van der Waals surface area contributed by atoms with Crippen molar-refractivity contribution in [1.29, 1.82) is 0 Å². The van der Waals surface area contributed by atoms with Gasteiger partial charge in [-0.05, 0) is 32.2 Å². The number of amides is 2. The molecule has 0 bridgehead atoms. The Hall–Kier alpha value is -0.900. The van der Waals surface area contributed by atoms with Crippen LogP contribution in [0.3, 0.4) is 0 Å². The number of imide groups is 1. The molecule has 1 rings (SSSR count). The molecule has 0 radical (unpaired) electrons. The molecule has 0 spiro atoms. The maximum Gasteiger partial charge on any atom is 0.235 e. The molecule has 2 amide bonds. The summed E-state index contributed by atoms with van der Waals surface area (Å²) in [4.78, 5) is 25.3. The third-order valence-electron chi connectivity index (χ3n) is 3.66. The van der Waals surface area contributed by atoms with Gasteiger partial charge in [0.05, 0.1) is 5.41 Å². The maximum atomic E-state index is 12.1. The second-order valence-corrected chi connectivity index (χ2v) is 5.10. The van der Waals surface area contributed by atoms with Crippen LogP contribution in [0.1, 0.15) is 40.0 Å². The van der Waals surface area contributed by atoms with Crippen molar-refractivity contribution in [3.05, 3.63) is 0 Å². The van der Waals surface area contributed by atoms with Crippen LogP contribution < -0.4 is 5.73 Å². The van der Waals surface area contributed by atoms with Gasteiger partial charge < -0.3 is 5.73 Å². The average Bonchev–Trinajstić information content (AvgIpc) is 2.43. The van der Waals surface area contributed by atoms with E-state index in [1.54, 1.807) is 0 Å². The SMILES string of the molecule is CC(C)C1(C)CC(=O)N(CCCCN)C1=O. The number of carbonyl (C=O) groups excluding carboxylic acids is 2. The van der Waals surface area contributed by atoms with Gasteiger partial charge in [0, 0.05) is 13.0 Å². The van der Waals surface area contributed by atoms with Gasteiger partial charge in [0.25, 0.3) is 0 Å². The number of unbranched alkanes of at least 4 members (excludes halogenated alkanes) is 1. The molecular weight excluding hydrogens is 204 g/mol. The van der Waals surface area contributed by atoms with Crippen molar-refractivity contribution in [3.63, 3.8) is 0 Å². The van der Waals surface area contributed by atoms with E-state index in [0.29, 0.717) is 19.5 Å². The Morgan fingerprint density at radius 2 is 2.00 bits per heavy atom. The number of rotatable bonds is 5. The topological polar surface area (TPSA) is 63.4 Å². The van der Waals surface area contributed by atoms with Gasteiger partial charge in [-0.2, -0.15) is 0 Å². The Bertz CT molecular complexity index is 289. The lowest BCUT2D eigenvalue weighted by Crippen LogP contribution is -2.37. The first kappa shape index (κ1) is 13.2. The van der Waals surface area contributed by atoms with Crippen LogP contribution in [0, 0.1) is 11.3 Å². The number of hydrogen-bond donors (Lipinski definition) is 1. The standard InChI is InChI=1S/C12H22N2O2/c1-9(2)12(3)8-10(15)14(11(12)16)7-5-4-6-13/h9H,4-8,13H2,1-3H3. The number of carbonyl (C=O) groups is 2. The molecular formula is C12H22N2O2. The van der Waals surface area contributed by atoms with Crippen molar-refractivity contribution in [2.45, 2.75) is 40.0 Å². The van der Waals surface area contributed by atoms with E-state index >= 15 is 0 Å². The fraction of sp³-hybridized carbons (Fsp3) is 0.833. The fourth-order valence-electron chi connectivity index (χ4n) is 2.00. The number of likely N-dealkylation sites (tertiary alicyclic amines) is 1. The summed E-state index contributed by atoms with van der Waals surface area (Å²) >= 11 is 0. The van der Waals surface area contributed by atoms with E-state index in [1.165, 1.54) is 4.90 Å². The largest absolute Gasteiger partial charge is 0.330 e. The molecule has 1 atom stereocenters. The summed E-state index contributed by atoms with van der Waals surface area (Å²) in [6, 6.07) is 0. The summed E-state index contributed by atoms with van der Waals surface area (Å²) < 4.78 is 0. The van der Waals surface area contributed by atoms with Crippen molar-refractivity contribution in [3.8, 4) is 0 Å². The summed E-state index contributed by atoms with van der Waals surface area (Å²) in [6.45, 7) is 7.01. The second kappa shape index (κ2) is 4.95. The monoisotopic (exact) mass is 226 g/mol. The quantitative estimate of drug-likeness (QED) is 0.565. The summed E-state index contributed by atoms with van der Waals surface area (Å²) in [7, 11) is 0. The van der Waals surface area contributed by atoms with Crippen molar-refractivity contribution in [2.75, 3.05) is 13.1 Å². The molecule has 1 saturated heterocycles. The molecule has 4 heteroatoms. The van der Waals surface area contributed by atoms with Crippen LogP contribution in [0.5, 0.6) is 0 Å². The van der Waals surface area contributed by atoms with Gasteiger partial charge in [0.1, 0.15) is 0 Å². The number of nitrogens with two attached hydrogens (primary N) is 1. The molecule has 0 saturated carbocycles. The first-order valence-corrected chi connectivity index (χ1v) is 5.98. The Labute approximate surface area is 97.2 Å².